The van der Waals surface area contributed by atoms with Gasteiger partial charge in [-0.1, -0.05) is 0 Å². The van der Waals surface area contributed by atoms with Gasteiger partial charge in [0, 0.05) is 27.3 Å². The van der Waals surface area contributed by atoms with Gasteiger partial charge in [-0.05, 0) is 6.07 Å². The maximum absolute atomic E-state index is 11.9. The Morgan fingerprint density at radius 3 is 2.47 bits per heavy atom. The lowest BCUT2D eigenvalue weighted by Crippen LogP contribution is -2.37. The summed E-state index contributed by atoms with van der Waals surface area (Å²) in [6.07, 6.45) is 2.58. The summed E-state index contributed by atoms with van der Waals surface area (Å²) in [5.74, 6) is -0.610. The first-order valence-corrected chi connectivity index (χ1v) is 5.01. The predicted octanol–water partition coefficient (Wildman–Crippen LogP) is -0.0526. The molecule has 6 heteroatoms. The molecule has 2 amide bonds. The van der Waals surface area contributed by atoms with Crippen molar-refractivity contribution in [3.8, 4) is 5.75 Å². The molecule has 0 aliphatic carbocycles. The van der Waals surface area contributed by atoms with E-state index < -0.39 is 0 Å². The van der Waals surface area contributed by atoms with Gasteiger partial charge in [0.25, 0.3) is 5.91 Å². The summed E-state index contributed by atoms with van der Waals surface area (Å²) in [5.41, 5.74) is 0.249. The second kappa shape index (κ2) is 5.29. The van der Waals surface area contributed by atoms with Gasteiger partial charge >= 0.3 is 0 Å². The molecule has 92 valence electrons. The molecule has 0 aliphatic rings. The number of pyridine rings is 1. The van der Waals surface area contributed by atoms with Crippen LogP contribution in [-0.2, 0) is 4.79 Å². The molecule has 0 saturated heterocycles. The lowest BCUT2D eigenvalue weighted by atomic mass is 10.2. The maximum Gasteiger partial charge on any atom is 0.255 e. The molecule has 0 unspecified atom stereocenters. The van der Waals surface area contributed by atoms with Crippen molar-refractivity contribution in [2.24, 2.45) is 0 Å². The number of aromatic nitrogens is 1. The lowest BCUT2D eigenvalue weighted by Gasteiger charge is -2.19. The standard InChI is InChI=1S/C11H15N3O3/c1-13(2)10(16)7-14(3)11(17)8-4-9(15)6-12-5-8/h4-6,15H,7H2,1-3H3. The van der Waals surface area contributed by atoms with E-state index >= 15 is 0 Å². The Morgan fingerprint density at radius 2 is 1.94 bits per heavy atom. The number of carbonyl (C=O) groups is 2. The van der Waals surface area contributed by atoms with E-state index in [4.69, 9.17) is 0 Å². The van der Waals surface area contributed by atoms with Crippen LogP contribution in [0.4, 0.5) is 0 Å². The first-order chi connectivity index (χ1) is 7.91. The fourth-order valence-corrected chi connectivity index (χ4v) is 1.18. The molecule has 1 rings (SSSR count). The highest BCUT2D eigenvalue weighted by Gasteiger charge is 2.16. The molecule has 1 N–H and O–H groups in total. The monoisotopic (exact) mass is 237 g/mol. The normalized spacial score (nSPS) is 9.82. The van der Waals surface area contributed by atoms with Gasteiger partial charge in [-0.15, -0.1) is 0 Å². The van der Waals surface area contributed by atoms with Crippen LogP contribution in [0.3, 0.4) is 0 Å². The number of hydrogen-bond acceptors (Lipinski definition) is 4. The molecule has 0 saturated carbocycles. The molecule has 0 bridgehead atoms. The number of amides is 2. The average molecular weight is 237 g/mol. The van der Waals surface area contributed by atoms with Crippen molar-refractivity contribution >= 4 is 11.8 Å². The van der Waals surface area contributed by atoms with E-state index in [2.05, 4.69) is 4.98 Å². The van der Waals surface area contributed by atoms with E-state index in [1.165, 1.54) is 35.3 Å². The Morgan fingerprint density at radius 1 is 1.29 bits per heavy atom. The van der Waals surface area contributed by atoms with Crippen LogP contribution in [0.5, 0.6) is 5.75 Å². The maximum atomic E-state index is 11.9. The molecule has 1 aromatic heterocycles. The Kier molecular flexibility index (Phi) is 4.03. The second-order valence-corrected chi connectivity index (χ2v) is 3.88. The second-order valence-electron chi connectivity index (χ2n) is 3.88. The smallest absolute Gasteiger partial charge is 0.255 e. The average Bonchev–Trinajstić information content (AvgIpc) is 2.27. The lowest BCUT2D eigenvalue weighted by molar-refractivity contribution is -0.129. The SMILES string of the molecule is CN(C)C(=O)CN(C)C(=O)c1cncc(O)c1. The van der Waals surface area contributed by atoms with Crippen molar-refractivity contribution in [3.05, 3.63) is 24.0 Å². The molecule has 17 heavy (non-hydrogen) atoms. The quantitative estimate of drug-likeness (QED) is 0.799. The fourth-order valence-electron chi connectivity index (χ4n) is 1.18. The minimum absolute atomic E-state index is 0.0124. The fraction of sp³-hybridized carbons (Fsp3) is 0.364. The van der Waals surface area contributed by atoms with Crippen LogP contribution >= 0.6 is 0 Å². The Bertz CT molecular complexity index is 432. The van der Waals surface area contributed by atoms with Gasteiger partial charge in [-0.25, -0.2) is 0 Å². The molecule has 1 heterocycles. The number of nitrogens with zero attached hydrogens (tertiary/aromatic N) is 3. The van der Waals surface area contributed by atoms with Crippen LogP contribution in [-0.4, -0.2) is 59.4 Å². The summed E-state index contributed by atoms with van der Waals surface area (Å²) in [4.78, 5) is 29.7. The first kappa shape index (κ1) is 13.0. The van der Waals surface area contributed by atoms with Gasteiger partial charge < -0.3 is 14.9 Å². The Hall–Kier alpha value is -2.11. The topological polar surface area (TPSA) is 73.7 Å². The summed E-state index contributed by atoms with van der Waals surface area (Å²) in [5, 5.41) is 9.21. The molecule has 6 nitrogen and oxygen atoms in total. The van der Waals surface area contributed by atoms with Crippen LogP contribution < -0.4 is 0 Å². The number of hydrogen-bond donors (Lipinski definition) is 1. The highest BCUT2D eigenvalue weighted by atomic mass is 16.3. The molecule has 0 radical (unpaired) electrons. The molecule has 0 aliphatic heterocycles. The van der Waals surface area contributed by atoms with E-state index in [0.717, 1.165) is 0 Å². The number of aromatic hydroxyl groups is 1. The molecular weight excluding hydrogens is 222 g/mol. The van der Waals surface area contributed by atoms with Crippen molar-refractivity contribution in [1.82, 2.24) is 14.8 Å². The van der Waals surface area contributed by atoms with E-state index in [0.29, 0.717) is 0 Å². The van der Waals surface area contributed by atoms with E-state index in [9.17, 15) is 14.7 Å². The van der Waals surface area contributed by atoms with Crippen molar-refractivity contribution in [2.75, 3.05) is 27.7 Å². The third kappa shape index (κ3) is 3.44. The molecule has 0 spiro atoms. The molecular formula is C11H15N3O3. The summed E-state index contributed by atoms with van der Waals surface area (Å²) >= 11 is 0. The van der Waals surface area contributed by atoms with Crippen molar-refractivity contribution in [1.29, 1.82) is 0 Å². The van der Waals surface area contributed by atoms with E-state index in [1.807, 2.05) is 0 Å². The van der Waals surface area contributed by atoms with Crippen LogP contribution in [0.2, 0.25) is 0 Å². The summed E-state index contributed by atoms with van der Waals surface area (Å²) in [7, 11) is 4.76. The van der Waals surface area contributed by atoms with Crippen LogP contribution in [0, 0.1) is 0 Å². The number of carbonyl (C=O) groups excluding carboxylic acids is 2. The van der Waals surface area contributed by atoms with Crippen molar-refractivity contribution in [3.63, 3.8) is 0 Å². The number of rotatable bonds is 3. The van der Waals surface area contributed by atoms with Gasteiger partial charge in [0.15, 0.2) is 0 Å². The Labute approximate surface area is 99.5 Å². The van der Waals surface area contributed by atoms with Crippen LogP contribution in [0.15, 0.2) is 18.5 Å². The zero-order chi connectivity index (χ0) is 13.0. The van der Waals surface area contributed by atoms with Crippen LogP contribution in [0.25, 0.3) is 0 Å². The van der Waals surface area contributed by atoms with E-state index in [-0.39, 0.29) is 29.7 Å². The summed E-state index contributed by atoms with van der Waals surface area (Å²) < 4.78 is 0. The van der Waals surface area contributed by atoms with Gasteiger partial charge in [-0.3, -0.25) is 14.6 Å². The zero-order valence-corrected chi connectivity index (χ0v) is 10.0. The summed E-state index contributed by atoms with van der Waals surface area (Å²) in [6.45, 7) is -0.0124. The third-order valence-electron chi connectivity index (χ3n) is 2.19. The van der Waals surface area contributed by atoms with Crippen LogP contribution in [0.1, 0.15) is 10.4 Å². The Balaban J connectivity index is 2.73. The molecule has 0 fully saturated rings. The zero-order valence-electron chi connectivity index (χ0n) is 10.0. The summed E-state index contributed by atoms with van der Waals surface area (Å²) in [6, 6.07) is 1.31. The highest BCUT2D eigenvalue weighted by Crippen LogP contribution is 2.10. The highest BCUT2D eigenvalue weighted by molar-refractivity contribution is 5.96. The van der Waals surface area contributed by atoms with Gasteiger partial charge in [0.1, 0.15) is 5.75 Å². The molecule has 0 aromatic carbocycles. The van der Waals surface area contributed by atoms with Gasteiger partial charge in [0.05, 0.1) is 18.3 Å². The molecule has 1 aromatic rings. The minimum atomic E-state index is -0.358. The van der Waals surface area contributed by atoms with E-state index in [1.54, 1.807) is 14.1 Å². The van der Waals surface area contributed by atoms with Crippen molar-refractivity contribution in [2.45, 2.75) is 0 Å². The predicted molar refractivity (Wildman–Crippen MR) is 61.6 cm³/mol. The van der Waals surface area contributed by atoms with Gasteiger partial charge in [-0.2, -0.15) is 0 Å². The first-order valence-electron chi connectivity index (χ1n) is 5.01. The largest absolute Gasteiger partial charge is 0.506 e. The minimum Gasteiger partial charge on any atom is -0.506 e. The van der Waals surface area contributed by atoms with Gasteiger partial charge in [0.2, 0.25) is 5.91 Å². The molecule has 0 atom stereocenters. The third-order valence-corrected chi connectivity index (χ3v) is 2.19. The van der Waals surface area contributed by atoms with Crippen molar-refractivity contribution < 1.29 is 14.7 Å². The number of likely N-dealkylation sites (N-methyl/N-ethyl adjacent to an activating group) is 2.